The van der Waals surface area contributed by atoms with Gasteiger partial charge in [0.05, 0.1) is 12.8 Å². The van der Waals surface area contributed by atoms with Crippen LogP contribution in [-0.4, -0.2) is 19.1 Å². The highest BCUT2D eigenvalue weighted by Crippen LogP contribution is 2.54. The Hall–Kier alpha value is -1.51. The lowest BCUT2D eigenvalue weighted by molar-refractivity contribution is -0.118. The van der Waals surface area contributed by atoms with Gasteiger partial charge in [-0.05, 0) is 41.7 Å². The quantitative estimate of drug-likeness (QED) is 0.780. The molecule has 0 radical (unpaired) electrons. The summed E-state index contributed by atoms with van der Waals surface area (Å²) in [5.41, 5.74) is 2.32. The first-order valence-electron chi connectivity index (χ1n) is 8.35. The molecule has 0 unspecified atom stereocenters. The van der Waals surface area contributed by atoms with Crippen molar-refractivity contribution < 1.29 is 9.53 Å². The number of methoxy groups -OCH3 is 1. The smallest absolute Gasteiger partial charge is 0.224 e. The van der Waals surface area contributed by atoms with E-state index in [1.165, 1.54) is 18.4 Å². The van der Waals surface area contributed by atoms with Gasteiger partial charge in [0, 0.05) is 13.0 Å². The third kappa shape index (κ3) is 2.13. The Morgan fingerprint density at radius 1 is 1.32 bits per heavy atom. The number of rotatable bonds is 1. The maximum absolute atomic E-state index is 12.5. The van der Waals surface area contributed by atoms with Crippen LogP contribution in [0.25, 0.3) is 0 Å². The van der Waals surface area contributed by atoms with Gasteiger partial charge in [-0.15, -0.1) is 0 Å². The van der Waals surface area contributed by atoms with Gasteiger partial charge in [-0.25, -0.2) is 0 Å². The molecular weight excluding hydrogens is 274 g/mol. The second-order valence-corrected chi connectivity index (χ2v) is 7.56. The minimum atomic E-state index is 0.0701. The number of anilines is 1. The number of ether oxygens (including phenoxy) is 1. The van der Waals surface area contributed by atoms with Crippen molar-refractivity contribution >= 4 is 11.6 Å². The highest BCUT2D eigenvalue weighted by molar-refractivity contribution is 5.96. The van der Waals surface area contributed by atoms with Crippen molar-refractivity contribution in [3.05, 3.63) is 23.8 Å². The maximum atomic E-state index is 12.5. The Morgan fingerprint density at radius 2 is 2.05 bits per heavy atom. The van der Waals surface area contributed by atoms with Crippen molar-refractivity contribution in [2.24, 2.45) is 11.8 Å². The molecule has 22 heavy (non-hydrogen) atoms. The van der Waals surface area contributed by atoms with Crippen LogP contribution in [0, 0.1) is 11.8 Å². The number of hydrogen-bond donors (Lipinski definition) is 0. The average Bonchev–Trinajstić information content (AvgIpc) is 2.46. The van der Waals surface area contributed by atoms with Gasteiger partial charge in [0.15, 0.2) is 0 Å². The number of carbonyl (C=O) groups is 1. The molecule has 1 saturated carbocycles. The van der Waals surface area contributed by atoms with Crippen LogP contribution in [-0.2, 0) is 10.2 Å². The van der Waals surface area contributed by atoms with Gasteiger partial charge in [0.1, 0.15) is 5.75 Å². The average molecular weight is 301 g/mol. The third-order valence-corrected chi connectivity index (χ3v) is 5.83. The van der Waals surface area contributed by atoms with Crippen molar-refractivity contribution in [1.29, 1.82) is 0 Å². The molecule has 0 aromatic heterocycles. The zero-order valence-corrected chi connectivity index (χ0v) is 14.3. The summed E-state index contributed by atoms with van der Waals surface area (Å²) in [6.45, 7) is 8.65. The Kier molecular flexibility index (Phi) is 3.70. The van der Waals surface area contributed by atoms with Crippen LogP contribution in [0.3, 0.4) is 0 Å². The number of benzene rings is 1. The van der Waals surface area contributed by atoms with Gasteiger partial charge in [0.2, 0.25) is 5.91 Å². The zero-order valence-electron chi connectivity index (χ0n) is 14.3. The molecule has 0 spiro atoms. The van der Waals surface area contributed by atoms with Gasteiger partial charge < -0.3 is 9.64 Å². The summed E-state index contributed by atoms with van der Waals surface area (Å²) < 4.78 is 5.60. The summed E-state index contributed by atoms with van der Waals surface area (Å²) in [5.74, 6) is 2.14. The highest BCUT2D eigenvalue weighted by Gasteiger charge is 2.49. The molecule has 0 saturated heterocycles. The van der Waals surface area contributed by atoms with Gasteiger partial charge >= 0.3 is 0 Å². The normalized spacial score (nSPS) is 29.5. The van der Waals surface area contributed by atoms with Crippen LogP contribution in [0.1, 0.15) is 52.5 Å². The van der Waals surface area contributed by atoms with Crippen molar-refractivity contribution in [2.75, 3.05) is 12.0 Å². The van der Waals surface area contributed by atoms with Crippen molar-refractivity contribution in [1.82, 2.24) is 0 Å². The Labute approximate surface area is 133 Å². The SMILES string of the molecule is COc1cccc2c1N(C(C)=O)[C@H]1C[C@H](C)CC[C@@H]1C2(C)C. The first kappa shape index (κ1) is 15.4. The lowest BCUT2D eigenvalue weighted by Crippen LogP contribution is -2.56. The Balaban J connectivity index is 2.23. The molecule has 0 N–H and O–H groups in total. The zero-order chi connectivity index (χ0) is 16.1. The molecular formula is C19H27NO2. The number of para-hydroxylation sites is 1. The molecule has 1 aliphatic carbocycles. The fourth-order valence-corrected chi connectivity index (χ4v) is 4.69. The predicted octanol–water partition coefficient (Wildman–Crippen LogP) is 4.14. The van der Waals surface area contributed by atoms with Crippen LogP contribution < -0.4 is 9.64 Å². The van der Waals surface area contributed by atoms with Gasteiger partial charge in [-0.3, -0.25) is 4.79 Å². The molecule has 1 aromatic carbocycles. The highest BCUT2D eigenvalue weighted by atomic mass is 16.5. The topological polar surface area (TPSA) is 29.5 Å². The van der Waals surface area contributed by atoms with Crippen LogP contribution >= 0.6 is 0 Å². The molecule has 1 fully saturated rings. The fraction of sp³-hybridized carbons (Fsp3) is 0.632. The van der Waals surface area contributed by atoms with Crippen LogP contribution in [0.15, 0.2) is 18.2 Å². The molecule has 1 aliphatic heterocycles. The number of hydrogen-bond acceptors (Lipinski definition) is 2. The largest absolute Gasteiger partial charge is 0.495 e. The van der Waals surface area contributed by atoms with Crippen molar-refractivity contribution in [3.8, 4) is 5.75 Å². The molecule has 3 nitrogen and oxygen atoms in total. The summed E-state index contributed by atoms with van der Waals surface area (Å²) in [4.78, 5) is 14.5. The molecule has 3 atom stereocenters. The van der Waals surface area contributed by atoms with E-state index in [9.17, 15) is 4.79 Å². The van der Waals surface area contributed by atoms with E-state index in [1.54, 1.807) is 14.0 Å². The van der Waals surface area contributed by atoms with E-state index < -0.39 is 0 Å². The molecule has 0 bridgehead atoms. The summed E-state index contributed by atoms with van der Waals surface area (Å²) in [6.07, 6.45) is 3.54. The van der Waals surface area contributed by atoms with E-state index in [4.69, 9.17) is 4.74 Å². The van der Waals surface area contributed by atoms with Gasteiger partial charge in [-0.2, -0.15) is 0 Å². The van der Waals surface area contributed by atoms with Crippen LogP contribution in [0.5, 0.6) is 5.75 Å². The van der Waals surface area contributed by atoms with E-state index in [0.717, 1.165) is 17.9 Å². The number of nitrogens with zero attached hydrogens (tertiary/aromatic N) is 1. The standard InChI is InChI=1S/C19H27NO2/c1-12-9-10-14-16(11-12)20(13(2)21)18-15(19(14,3)4)7-6-8-17(18)22-5/h6-8,12,14,16H,9-11H2,1-5H3/t12-,14+,16+/m1/s1. The van der Waals surface area contributed by atoms with Gasteiger partial charge in [-0.1, -0.05) is 39.3 Å². The summed E-state index contributed by atoms with van der Waals surface area (Å²) in [6, 6.07) is 6.48. The lowest BCUT2D eigenvalue weighted by atomic mass is 9.60. The Morgan fingerprint density at radius 3 is 2.68 bits per heavy atom. The van der Waals surface area contributed by atoms with E-state index in [1.807, 2.05) is 17.0 Å². The lowest BCUT2D eigenvalue weighted by Gasteiger charge is -2.54. The first-order chi connectivity index (χ1) is 10.4. The molecule has 2 aliphatic rings. The minimum absolute atomic E-state index is 0.0701. The van der Waals surface area contributed by atoms with Crippen LogP contribution in [0.4, 0.5) is 5.69 Å². The van der Waals surface area contributed by atoms with E-state index in [0.29, 0.717) is 17.9 Å². The Bertz CT molecular complexity index is 593. The molecule has 120 valence electrons. The van der Waals surface area contributed by atoms with Crippen LogP contribution in [0.2, 0.25) is 0 Å². The predicted molar refractivity (Wildman–Crippen MR) is 89.5 cm³/mol. The molecule has 3 heteroatoms. The number of carbonyl (C=O) groups excluding carboxylic acids is 1. The van der Waals surface area contributed by atoms with Gasteiger partial charge in [0.25, 0.3) is 0 Å². The van der Waals surface area contributed by atoms with E-state index in [-0.39, 0.29) is 11.3 Å². The van der Waals surface area contributed by atoms with Crippen molar-refractivity contribution in [2.45, 2.75) is 58.4 Å². The summed E-state index contributed by atoms with van der Waals surface area (Å²) in [5, 5.41) is 0. The summed E-state index contributed by atoms with van der Waals surface area (Å²) in [7, 11) is 1.69. The fourth-order valence-electron chi connectivity index (χ4n) is 4.69. The number of fused-ring (bicyclic) bond motifs is 2. The van der Waals surface area contributed by atoms with E-state index in [2.05, 4.69) is 26.8 Å². The molecule has 3 rings (SSSR count). The first-order valence-corrected chi connectivity index (χ1v) is 8.35. The molecule has 1 amide bonds. The van der Waals surface area contributed by atoms with Crippen molar-refractivity contribution in [3.63, 3.8) is 0 Å². The monoisotopic (exact) mass is 301 g/mol. The van der Waals surface area contributed by atoms with E-state index >= 15 is 0 Å². The maximum Gasteiger partial charge on any atom is 0.224 e. The minimum Gasteiger partial charge on any atom is -0.495 e. The second-order valence-electron chi connectivity index (χ2n) is 7.56. The number of amides is 1. The molecule has 1 aromatic rings. The third-order valence-electron chi connectivity index (χ3n) is 5.83. The molecule has 1 heterocycles. The summed E-state index contributed by atoms with van der Waals surface area (Å²) >= 11 is 0. The second kappa shape index (κ2) is 5.29.